The number of hydrogen-bond donors (Lipinski definition) is 0. The van der Waals surface area contributed by atoms with Crippen LogP contribution in [0.4, 0.5) is 0 Å². The summed E-state index contributed by atoms with van der Waals surface area (Å²) in [5.74, 6) is 0.975. The Bertz CT molecular complexity index is 753. The molecule has 0 aliphatic carbocycles. The number of aromatic nitrogens is 1. The van der Waals surface area contributed by atoms with Crippen LogP contribution in [0.1, 0.15) is 23.0 Å². The molecule has 102 valence electrons. The number of rotatable bonds is 4. The number of fused-ring (bicyclic) bond motifs is 1. The minimum atomic E-state index is -0.111. The van der Waals surface area contributed by atoms with Crippen molar-refractivity contribution < 1.29 is 13.9 Å². The first-order valence-electron chi connectivity index (χ1n) is 6.49. The highest BCUT2D eigenvalue weighted by Gasteiger charge is 2.18. The summed E-state index contributed by atoms with van der Waals surface area (Å²) in [6.45, 7) is 2.85. The third-order valence-corrected chi connectivity index (χ3v) is 3.42. The number of benzene rings is 1. The molecule has 0 amide bonds. The van der Waals surface area contributed by atoms with Crippen LogP contribution >= 0.6 is 0 Å². The second-order valence-corrected chi connectivity index (χ2v) is 4.52. The average molecular weight is 269 g/mol. The summed E-state index contributed by atoms with van der Waals surface area (Å²) in [5.41, 5.74) is 1.65. The van der Waals surface area contributed by atoms with E-state index in [1.807, 2.05) is 35.9 Å². The van der Waals surface area contributed by atoms with Crippen LogP contribution in [-0.4, -0.2) is 17.5 Å². The Morgan fingerprint density at radius 3 is 2.85 bits per heavy atom. The average Bonchev–Trinajstić information content (AvgIpc) is 3.13. The van der Waals surface area contributed by atoms with Crippen LogP contribution in [0.3, 0.4) is 0 Å². The summed E-state index contributed by atoms with van der Waals surface area (Å²) in [7, 11) is 1.62. The van der Waals surface area contributed by atoms with Gasteiger partial charge in [-0.2, -0.15) is 0 Å². The summed E-state index contributed by atoms with van der Waals surface area (Å²) < 4.78 is 12.5. The Balaban J connectivity index is 2.21. The summed E-state index contributed by atoms with van der Waals surface area (Å²) in [5, 5.41) is 0.882. The molecule has 4 nitrogen and oxygen atoms in total. The van der Waals surface area contributed by atoms with Crippen molar-refractivity contribution in [3.05, 3.63) is 54.1 Å². The van der Waals surface area contributed by atoms with Crippen molar-refractivity contribution in [2.45, 2.75) is 13.5 Å². The molecule has 0 radical (unpaired) electrons. The quantitative estimate of drug-likeness (QED) is 0.681. The minimum absolute atomic E-state index is 0.111. The lowest BCUT2D eigenvalue weighted by Crippen LogP contribution is -1.98. The van der Waals surface area contributed by atoms with Gasteiger partial charge in [0.15, 0.2) is 5.76 Å². The number of carbonyl (C=O) groups is 1. The minimum Gasteiger partial charge on any atom is -0.497 e. The zero-order valence-corrected chi connectivity index (χ0v) is 11.4. The highest BCUT2D eigenvalue weighted by atomic mass is 16.5. The molecule has 0 unspecified atom stereocenters. The van der Waals surface area contributed by atoms with Gasteiger partial charge < -0.3 is 13.7 Å². The maximum absolute atomic E-state index is 12.5. The van der Waals surface area contributed by atoms with E-state index in [2.05, 4.69) is 0 Å². The Morgan fingerprint density at radius 1 is 1.35 bits per heavy atom. The second kappa shape index (κ2) is 4.89. The summed E-state index contributed by atoms with van der Waals surface area (Å²) >= 11 is 0. The van der Waals surface area contributed by atoms with Crippen molar-refractivity contribution in [3.63, 3.8) is 0 Å². The first kappa shape index (κ1) is 12.5. The molecule has 4 heteroatoms. The maximum Gasteiger partial charge on any atom is 0.230 e. The molecule has 0 aliphatic heterocycles. The van der Waals surface area contributed by atoms with E-state index in [9.17, 15) is 4.79 Å². The molecule has 20 heavy (non-hydrogen) atoms. The van der Waals surface area contributed by atoms with Crippen molar-refractivity contribution in [1.29, 1.82) is 0 Å². The Labute approximate surface area is 116 Å². The highest BCUT2D eigenvalue weighted by molar-refractivity contribution is 6.15. The van der Waals surface area contributed by atoms with Crippen LogP contribution < -0.4 is 4.74 Å². The van der Waals surface area contributed by atoms with Gasteiger partial charge in [0, 0.05) is 23.6 Å². The predicted octanol–water partition coefficient (Wildman–Crippen LogP) is 3.49. The Hall–Kier alpha value is -2.49. The van der Waals surface area contributed by atoms with E-state index >= 15 is 0 Å². The van der Waals surface area contributed by atoms with Crippen LogP contribution in [0.5, 0.6) is 5.75 Å². The monoisotopic (exact) mass is 269 g/mol. The fourth-order valence-electron chi connectivity index (χ4n) is 2.39. The van der Waals surface area contributed by atoms with Crippen LogP contribution in [-0.2, 0) is 6.54 Å². The highest BCUT2D eigenvalue weighted by Crippen LogP contribution is 2.27. The number of methoxy groups -OCH3 is 1. The smallest absolute Gasteiger partial charge is 0.230 e. The number of aryl methyl sites for hydroxylation is 1. The largest absolute Gasteiger partial charge is 0.497 e. The van der Waals surface area contributed by atoms with Crippen molar-refractivity contribution in [1.82, 2.24) is 4.57 Å². The molecule has 2 heterocycles. The fourth-order valence-corrected chi connectivity index (χ4v) is 2.39. The SMILES string of the molecule is CCn1cc(C(=O)c2ccco2)c2cc(OC)ccc21. The molecule has 1 aromatic carbocycles. The Morgan fingerprint density at radius 2 is 2.20 bits per heavy atom. The first-order chi connectivity index (χ1) is 9.74. The number of furan rings is 1. The van der Waals surface area contributed by atoms with Crippen LogP contribution in [0.25, 0.3) is 10.9 Å². The van der Waals surface area contributed by atoms with E-state index in [0.29, 0.717) is 11.3 Å². The van der Waals surface area contributed by atoms with E-state index in [-0.39, 0.29) is 5.78 Å². The zero-order valence-electron chi connectivity index (χ0n) is 11.4. The van der Waals surface area contributed by atoms with Gasteiger partial charge in [0.05, 0.1) is 18.9 Å². The first-order valence-corrected chi connectivity index (χ1v) is 6.49. The summed E-state index contributed by atoms with van der Waals surface area (Å²) in [6, 6.07) is 9.15. The van der Waals surface area contributed by atoms with Crippen LogP contribution in [0, 0.1) is 0 Å². The maximum atomic E-state index is 12.5. The van der Waals surface area contributed by atoms with Crippen molar-refractivity contribution >= 4 is 16.7 Å². The molecule has 0 atom stereocenters. The Kier molecular flexibility index (Phi) is 3.06. The van der Waals surface area contributed by atoms with Crippen LogP contribution in [0.15, 0.2) is 47.2 Å². The number of nitrogens with zero attached hydrogens (tertiary/aromatic N) is 1. The molecule has 0 saturated carbocycles. The number of carbonyl (C=O) groups excluding carboxylic acids is 1. The van der Waals surface area contributed by atoms with Gasteiger partial charge in [0.25, 0.3) is 0 Å². The summed E-state index contributed by atoms with van der Waals surface area (Å²) in [4.78, 5) is 12.5. The molecule has 3 rings (SSSR count). The number of hydrogen-bond acceptors (Lipinski definition) is 3. The van der Waals surface area contributed by atoms with Gasteiger partial charge >= 0.3 is 0 Å². The van der Waals surface area contributed by atoms with Crippen molar-refractivity contribution in [3.8, 4) is 5.75 Å². The van der Waals surface area contributed by atoms with E-state index in [4.69, 9.17) is 9.15 Å². The molecule has 3 aromatic rings. The van der Waals surface area contributed by atoms with Crippen molar-refractivity contribution in [2.75, 3.05) is 7.11 Å². The molecule has 2 aromatic heterocycles. The van der Waals surface area contributed by atoms with Crippen LogP contribution in [0.2, 0.25) is 0 Å². The lowest BCUT2D eigenvalue weighted by molar-refractivity contribution is 0.101. The van der Waals surface area contributed by atoms with E-state index in [0.717, 1.165) is 23.2 Å². The summed E-state index contributed by atoms with van der Waals surface area (Å²) in [6.07, 6.45) is 3.38. The molecular formula is C16H15NO3. The van der Waals surface area contributed by atoms with Gasteiger partial charge in [-0.1, -0.05) is 0 Å². The third kappa shape index (κ3) is 1.90. The zero-order chi connectivity index (χ0) is 14.1. The van der Waals surface area contributed by atoms with E-state index in [1.165, 1.54) is 6.26 Å². The fraction of sp³-hybridized carbons (Fsp3) is 0.188. The van der Waals surface area contributed by atoms with E-state index in [1.54, 1.807) is 19.2 Å². The number of ketones is 1. The predicted molar refractivity (Wildman–Crippen MR) is 76.3 cm³/mol. The van der Waals surface area contributed by atoms with E-state index < -0.39 is 0 Å². The topological polar surface area (TPSA) is 44.4 Å². The standard InChI is InChI=1S/C16H15NO3/c1-3-17-10-13(16(18)15-5-4-8-20-15)12-9-11(19-2)6-7-14(12)17/h4-10H,3H2,1-2H3. The van der Waals surface area contributed by atoms with Gasteiger partial charge in [-0.05, 0) is 37.3 Å². The van der Waals surface area contributed by atoms with Crippen molar-refractivity contribution in [2.24, 2.45) is 0 Å². The van der Waals surface area contributed by atoms with Gasteiger partial charge in [-0.25, -0.2) is 0 Å². The molecule has 0 fully saturated rings. The molecular weight excluding hydrogens is 254 g/mol. The van der Waals surface area contributed by atoms with Gasteiger partial charge in [0.1, 0.15) is 5.75 Å². The third-order valence-electron chi connectivity index (χ3n) is 3.42. The molecule has 0 aliphatic rings. The lowest BCUT2D eigenvalue weighted by Gasteiger charge is -2.02. The lowest BCUT2D eigenvalue weighted by atomic mass is 10.1. The molecule has 0 N–H and O–H groups in total. The molecule has 0 bridgehead atoms. The molecule has 0 saturated heterocycles. The number of ether oxygens (including phenoxy) is 1. The van der Waals surface area contributed by atoms with Gasteiger partial charge in [0.2, 0.25) is 5.78 Å². The molecule has 0 spiro atoms. The normalized spacial score (nSPS) is 10.9. The second-order valence-electron chi connectivity index (χ2n) is 4.52. The van der Waals surface area contributed by atoms with Gasteiger partial charge in [-0.3, -0.25) is 4.79 Å². The van der Waals surface area contributed by atoms with Gasteiger partial charge in [-0.15, -0.1) is 0 Å².